The van der Waals surface area contributed by atoms with Crippen molar-refractivity contribution in [3.05, 3.63) is 12.7 Å². The third kappa shape index (κ3) is 2.08. The molecular weight excluding hydrogens is 228 g/mol. The second kappa shape index (κ2) is 4.40. The fourth-order valence-corrected chi connectivity index (χ4v) is 1.63. The van der Waals surface area contributed by atoms with E-state index in [0.717, 1.165) is 0 Å². The van der Waals surface area contributed by atoms with Gasteiger partial charge in [0.25, 0.3) is 5.91 Å². The number of aliphatic imine (C=N–C) groups is 1. The minimum Gasteiger partial charge on any atom is -0.385 e. The second-order valence-corrected chi connectivity index (χ2v) is 3.72. The highest BCUT2D eigenvalue weighted by Gasteiger charge is 2.45. The van der Waals surface area contributed by atoms with Crippen molar-refractivity contribution in [1.29, 1.82) is 0 Å². The Morgan fingerprint density at radius 3 is 2.88 bits per heavy atom. The molecule has 1 atom stereocenters. The lowest BCUT2D eigenvalue weighted by molar-refractivity contribution is -0.129. The van der Waals surface area contributed by atoms with Crippen LogP contribution in [0.15, 0.2) is 17.6 Å². The van der Waals surface area contributed by atoms with Crippen LogP contribution in [0.1, 0.15) is 13.3 Å². The molecule has 0 aromatic rings. The first-order chi connectivity index (χ1) is 7.42. The van der Waals surface area contributed by atoms with E-state index in [4.69, 9.17) is 18.0 Å². The number of amides is 2. The number of thiocarbonyl (C=S) groups is 1. The Balaban J connectivity index is 3.21. The van der Waals surface area contributed by atoms with E-state index in [1.165, 1.54) is 13.0 Å². The molecule has 1 unspecified atom stereocenters. The fourth-order valence-electron chi connectivity index (χ4n) is 1.44. The van der Waals surface area contributed by atoms with Gasteiger partial charge in [-0.15, -0.1) is 6.58 Å². The van der Waals surface area contributed by atoms with Crippen LogP contribution in [-0.2, 0) is 9.59 Å². The molecule has 6 nitrogen and oxygen atoms in total. The third-order valence-electron chi connectivity index (χ3n) is 2.11. The molecule has 7 heteroatoms. The zero-order valence-corrected chi connectivity index (χ0v) is 9.56. The fraction of sp³-hybridized carbons (Fsp3) is 0.333. The average molecular weight is 240 g/mol. The number of rotatable bonds is 3. The second-order valence-electron chi connectivity index (χ2n) is 3.34. The lowest BCUT2D eigenvalue weighted by atomic mass is 9.91. The Morgan fingerprint density at radius 2 is 2.44 bits per heavy atom. The molecule has 0 saturated heterocycles. The Morgan fingerprint density at radius 1 is 1.81 bits per heavy atom. The smallest absolute Gasteiger partial charge is 0.260 e. The summed E-state index contributed by atoms with van der Waals surface area (Å²) >= 11 is 4.72. The molecule has 86 valence electrons. The Kier molecular flexibility index (Phi) is 3.38. The van der Waals surface area contributed by atoms with Crippen molar-refractivity contribution < 1.29 is 9.59 Å². The van der Waals surface area contributed by atoms with Crippen molar-refractivity contribution in [2.24, 2.45) is 10.7 Å². The van der Waals surface area contributed by atoms with Gasteiger partial charge in [0.1, 0.15) is 5.84 Å². The normalized spacial score (nSPS) is 24.4. The number of nitrogens with one attached hydrogen (secondary N) is 2. The van der Waals surface area contributed by atoms with Crippen molar-refractivity contribution in [3.8, 4) is 0 Å². The summed E-state index contributed by atoms with van der Waals surface area (Å²) in [6.07, 6.45) is 1.63. The summed E-state index contributed by atoms with van der Waals surface area (Å²) in [7, 11) is 0. The van der Waals surface area contributed by atoms with E-state index in [-0.39, 0.29) is 23.3 Å². The van der Waals surface area contributed by atoms with Crippen LogP contribution >= 0.6 is 12.2 Å². The maximum Gasteiger partial charge on any atom is 0.260 e. The molecular formula is C9H12N4O2S. The first-order valence-corrected chi connectivity index (χ1v) is 4.93. The largest absolute Gasteiger partial charge is 0.385 e. The molecule has 16 heavy (non-hydrogen) atoms. The molecule has 0 saturated carbocycles. The molecule has 4 N–H and O–H groups in total. The molecule has 0 fully saturated rings. The Hall–Kier alpha value is -1.76. The maximum atomic E-state index is 11.8. The highest BCUT2D eigenvalue weighted by molar-refractivity contribution is 7.80. The topological polar surface area (TPSA) is 96.6 Å². The van der Waals surface area contributed by atoms with Gasteiger partial charge in [0.2, 0.25) is 11.0 Å². The van der Waals surface area contributed by atoms with Crippen LogP contribution in [-0.4, -0.2) is 28.3 Å². The lowest BCUT2D eigenvalue weighted by Crippen LogP contribution is -2.68. The van der Waals surface area contributed by atoms with Gasteiger partial charge in [0.15, 0.2) is 5.54 Å². The van der Waals surface area contributed by atoms with Gasteiger partial charge in [0.05, 0.1) is 0 Å². The number of hydrogen-bond donors (Lipinski definition) is 3. The van der Waals surface area contributed by atoms with Gasteiger partial charge in [0, 0.05) is 13.3 Å². The average Bonchev–Trinajstić information content (AvgIpc) is 2.13. The predicted molar refractivity (Wildman–Crippen MR) is 63.7 cm³/mol. The van der Waals surface area contributed by atoms with Crippen molar-refractivity contribution in [2.45, 2.75) is 18.9 Å². The van der Waals surface area contributed by atoms with Gasteiger partial charge in [-0.05, 0) is 12.2 Å². The van der Waals surface area contributed by atoms with E-state index in [1.807, 2.05) is 0 Å². The molecule has 1 aliphatic heterocycles. The van der Waals surface area contributed by atoms with Crippen molar-refractivity contribution in [3.63, 3.8) is 0 Å². The lowest BCUT2D eigenvalue weighted by Gasteiger charge is -2.33. The number of carbonyl (C=O) groups is 2. The highest BCUT2D eigenvalue weighted by Crippen LogP contribution is 2.15. The summed E-state index contributed by atoms with van der Waals surface area (Å²) in [6.45, 7) is 4.81. The van der Waals surface area contributed by atoms with Gasteiger partial charge >= 0.3 is 0 Å². The zero-order valence-electron chi connectivity index (χ0n) is 8.74. The summed E-state index contributed by atoms with van der Waals surface area (Å²) in [6, 6.07) is 0. The van der Waals surface area contributed by atoms with Crippen LogP contribution in [0.3, 0.4) is 0 Å². The maximum absolute atomic E-state index is 11.8. The van der Waals surface area contributed by atoms with E-state index in [2.05, 4.69) is 22.2 Å². The van der Waals surface area contributed by atoms with Crippen LogP contribution in [0.2, 0.25) is 0 Å². The molecule has 1 aliphatic rings. The Labute approximate surface area is 98.0 Å². The van der Waals surface area contributed by atoms with Crippen molar-refractivity contribution >= 4 is 35.0 Å². The molecule has 2 amide bonds. The van der Waals surface area contributed by atoms with Crippen LogP contribution < -0.4 is 16.4 Å². The van der Waals surface area contributed by atoms with Crippen LogP contribution in [0, 0.1) is 0 Å². The van der Waals surface area contributed by atoms with Gasteiger partial charge in [-0.2, -0.15) is 0 Å². The van der Waals surface area contributed by atoms with Gasteiger partial charge in [-0.3, -0.25) is 14.9 Å². The van der Waals surface area contributed by atoms with Crippen molar-refractivity contribution in [2.75, 3.05) is 0 Å². The first kappa shape index (κ1) is 12.3. The van der Waals surface area contributed by atoms with E-state index < -0.39 is 11.4 Å². The van der Waals surface area contributed by atoms with Gasteiger partial charge in [-0.1, -0.05) is 6.08 Å². The first-order valence-electron chi connectivity index (χ1n) is 4.52. The molecule has 0 spiro atoms. The number of nitrogens with zero attached hydrogens (tertiary/aromatic N) is 1. The number of nitrogens with two attached hydrogens (primary N) is 1. The summed E-state index contributed by atoms with van der Waals surface area (Å²) in [5.74, 6) is -0.917. The Bertz CT molecular complexity index is 404. The summed E-state index contributed by atoms with van der Waals surface area (Å²) in [5, 5.41) is 4.82. The molecule has 0 aromatic carbocycles. The predicted octanol–water partition coefficient (Wildman–Crippen LogP) is -0.791. The number of carbonyl (C=O) groups excluding carboxylic acids is 2. The van der Waals surface area contributed by atoms with Crippen LogP contribution in [0.4, 0.5) is 0 Å². The summed E-state index contributed by atoms with van der Waals surface area (Å²) in [5.41, 5.74) is 4.29. The third-order valence-corrected chi connectivity index (χ3v) is 2.30. The van der Waals surface area contributed by atoms with E-state index in [1.54, 1.807) is 0 Å². The number of amidine groups is 1. The molecule has 1 rings (SSSR count). The van der Waals surface area contributed by atoms with Crippen LogP contribution in [0.5, 0.6) is 0 Å². The zero-order chi connectivity index (χ0) is 12.3. The van der Waals surface area contributed by atoms with E-state index in [9.17, 15) is 9.59 Å². The number of hydrogen-bond acceptors (Lipinski definition) is 4. The monoisotopic (exact) mass is 240 g/mol. The van der Waals surface area contributed by atoms with Crippen molar-refractivity contribution in [1.82, 2.24) is 10.6 Å². The summed E-state index contributed by atoms with van der Waals surface area (Å²) < 4.78 is 0. The minimum absolute atomic E-state index is 0.00691. The summed E-state index contributed by atoms with van der Waals surface area (Å²) in [4.78, 5) is 26.7. The molecule has 0 aliphatic carbocycles. The van der Waals surface area contributed by atoms with Gasteiger partial charge in [-0.25, -0.2) is 4.99 Å². The van der Waals surface area contributed by atoms with Crippen LogP contribution in [0.25, 0.3) is 0 Å². The van der Waals surface area contributed by atoms with E-state index in [0.29, 0.717) is 0 Å². The minimum atomic E-state index is -1.38. The molecule has 0 aromatic heterocycles. The molecule has 0 radical (unpaired) electrons. The SMILES string of the molecule is C=CCC1(NC(C)=O)C(=O)NC(=S)N=C1N. The molecule has 1 heterocycles. The van der Waals surface area contributed by atoms with E-state index >= 15 is 0 Å². The highest BCUT2D eigenvalue weighted by atomic mass is 32.1. The molecule has 0 bridgehead atoms. The quantitative estimate of drug-likeness (QED) is 0.445. The standard InChI is InChI=1S/C9H12N4O2S/c1-3-4-9(13-5(2)14)6(10)11-8(16)12-7(9)15/h3H,1,4H2,2H3,(H,13,14)(H3,10,11,12,15,16). The van der Waals surface area contributed by atoms with Gasteiger partial charge < -0.3 is 11.1 Å².